The average Bonchev–Trinajstić information content (AvgIpc) is 3.07. The molecular formula is C19H30N4O3S. The number of hydrogen-bond acceptors (Lipinski definition) is 4. The van der Waals surface area contributed by atoms with Gasteiger partial charge < -0.3 is 4.74 Å². The van der Waals surface area contributed by atoms with Gasteiger partial charge in [0.1, 0.15) is 5.75 Å². The van der Waals surface area contributed by atoms with E-state index in [-0.39, 0.29) is 0 Å². The fourth-order valence-corrected chi connectivity index (χ4v) is 5.04. The maximum absolute atomic E-state index is 13.6. The molecule has 27 heavy (non-hydrogen) atoms. The Kier molecular flexibility index (Phi) is 7.26. The third-order valence-electron chi connectivity index (χ3n) is 4.39. The molecule has 0 fully saturated rings. The Hall–Kier alpha value is -2.06. The molecule has 0 unspecified atom stereocenters. The van der Waals surface area contributed by atoms with Crippen molar-refractivity contribution in [3.63, 3.8) is 0 Å². The number of anilines is 1. The quantitative estimate of drug-likeness (QED) is 0.620. The molecule has 1 aromatic carbocycles. The summed E-state index contributed by atoms with van der Waals surface area (Å²) in [6.45, 7) is 6.82. The highest BCUT2D eigenvalue weighted by Crippen LogP contribution is 2.32. The second-order valence-electron chi connectivity index (χ2n) is 6.53. The molecule has 0 bridgehead atoms. The Bertz CT molecular complexity index is 829. The second-order valence-corrected chi connectivity index (χ2v) is 8.33. The monoisotopic (exact) mass is 394 g/mol. The van der Waals surface area contributed by atoms with E-state index in [4.69, 9.17) is 4.74 Å². The Morgan fingerprint density at radius 1 is 1.22 bits per heavy atom. The number of benzene rings is 1. The van der Waals surface area contributed by atoms with Crippen LogP contribution in [0.1, 0.15) is 45.2 Å². The average molecular weight is 395 g/mol. The highest BCUT2D eigenvalue weighted by atomic mass is 32.2. The molecule has 0 aliphatic carbocycles. The first kappa shape index (κ1) is 21.2. The number of nitrogens with zero attached hydrogens (tertiary/aromatic N) is 4. The number of aromatic nitrogens is 2. The van der Waals surface area contributed by atoms with Crippen LogP contribution in [0.5, 0.6) is 5.75 Å². The van der Waals surface area contributed by atoms with E-state index in [2.05, 4.69) is 5.10 Å². The molecular weight excluding hydrogens is 364 g/mol. The maximum Gasteiger partial charge on any atom is 0.304 e. The predicted molar refractivity (Wildman–Crippen MR) is 108 cm³/mol. The molecule has 150 valence electrons. The third kappa shape index (κ3) is 4.81. The molecule has 0 spiro atoms. The molecule has 2 rings (SSSR count). The van der Waals surface area contributed by atoms with Gasteiger partial charge in [0.05, 0.1) is 25.0 Å². The lowest BCUT2D eigenvalue weighted by Gasteiger charge is -2.34. The number of methoxy groups -OCH3 is 1. The van der Waals surface area contributed by atoms with Gasteiger partial charge in [-0.05, 0) is 37.5 Å². The molecule has 1 heterocycles. The first-order chi connectivity index (χ1) is 12.8. The zero-order valence-electron chi connectivity index (χ0n) is 16.8. The van der Waals surface area contributed by atoms with Crippen LogP contribution in [0.25, 0.3) is 0 Å². The minimum Gasteiger partial charge on any atom is -0.497 e. The highest BCUT2D eigenvalue weighted by molar-refractivity contribution is 7.90. The molecule has 8 heteroatoms. The fraction of sp³-hybridized carbons (Fsp3) is 0.526. The molecule has 7 nitrogen and oxygen atoms in total. The predicted octanol–water partition coefficient (Wildman–Crippen LogP) is 3.36. The normalized spacial score (nSPS) is 13.0. The summed E-state index contributed by atoms with van der Waals surface area (Å²) in [6.07, 6.45) is 4.83. The summed E-state index contributed by atoms with van der Waals surface area (Å²) in [7, 11) is -0.343. The van der Waals surface area contributed by atoms with E-state index in [1.54, 1.807) is 35.5 Å². The van der Waals surface area contributed by atoms with Gasteiger partial charge in [-0.25, -0.2) is 4.31 Å². The summed E-state index contributed by atoms with van der Waals surface area (Å²) >= 11 is 0. The third-order valence-corrected chi connectivity index (χ3v) is 6.44. The van der Waals surface area contributed by atoms with Crippen molar-refractivity contribution in [3.8, 4) is 5.75 Å². The van der Waals surface area contributed by atoms with Gasteiger partial charge >= 0.3 is 10.2 Å². The van der Waals surface area contributed by atoms with Crippen LogP contribution >= 0.6 is 0 Å². The second kappa shape index (κ2) is 9.23. The fourth-order valence-electron chi connectivity index (χ4n) is 3.08. The smallest absolute Gasteiger partial charge is 0.304 e. The van der Waals surface area contributed by atoms with Crippen LogP contribution in [0.2, 0.25) is 0 Å². The van der Waals surface area contributed by atoms with Gasteiger partial charge in [0.2, 0.25) is 0 Å². The van der Waals surface area contributed by atoms with E-state index in [1.165, 1.54) is 4.31 Å². The Morgan fingerprint density at radius 2 is 1.89 bits per heavy atom. The van der Waals surface area contributed by atoms with Crippen molar-refractivity contribution >= 4 is 15.9 Å². The molecule has 0 amide bonds. The standard InChI is InChI=1S/C19H30N4O3S/c1-6-11-22(12-7-2)27(24,25)23(18-14-20-21(4)15-18)16(3)17-9-8-10-19(13-17)26-5/h8-10,13-16H,6-7,11-12H2,1-5H3/t16-/m0/s1. The van der Waals surface area contributed by atoms with E-state index >= 15 is 0 Å². The largest absolute Gasteiger partial charge is 0.497 e. The van der Waals surface area contributed by atoms with Gasteiger partial charge in [-0.1, -0.05) is 26.0 Å². The molecule has 1 aromatic heterocycles. The molecule has 2 aromatic rings. The summed E-state index contributed by atoms with van der Waals surface area (Å²) in [5.41, 5.74) is 1.40. The minimum absolute atomic E-state index is 0.412. The zero-order chi connectivity index (χ0) is 20.0. The van der Waals surface area contributed by atoms with E-state index in [9.17, 15) is 8.42 Å². The molecule has 0 aliphatic heterocycles. The summed E-state index contributed by atoms with van der Waals surface area (Å²) in [6, 6.07) is 7.09. The van der Waals surface area contributed by atoms with Crippen LogP contribution in [0.3, 0.4) is 0 Å². The Balaban J connectivity index is 2.53. The minimum atomic E-state index is -3.72. The zero-order valence-corrected chi connectivity index (χ0v) is 17.6. The molecule has 0 aliphatic rings. The number of ether oxygens (including phenoxy) is 1. The first-order valence-corrected chi connectivity index (χ1v) is 10.7. The summed E-state index contributed by atoms with van der Waals surface area (Å²) in [4.78, 5) is 0. The lowest BCUT2D eigenvalue weighted by molar-refractivity contribution is 0.404. The van der Waals surface area contributed by atoms with E-state index < -0.39 is 16.3 Å². The van der Waals surface area contributed by atoms with Crippen LogP contribution in [0.15, 0.2) is 36.7 Å². The van der Waals surface area contributed by atoms with Crippen molar-refractivity contribution in [2.24, 2.45) is 7.05 Å². The van der Waals surface area contributed by atoms with Crippen molar-refractivity contribution in [2.45, 2.75) is 39.7 Å². The highest BCUT2D eigenvalue weighted by Gasteiger charge is 2.34. The van der Waals surface area contributed by atoms with E-state index in [0.29, 0.717) is 24.5 Å². The van der Waals surface area contributed by atoms with Gasteiger partial charge in [0.15, 0.2) is 0 Å². The van der Waals surface area contributed by atoms with Crippen LogP contribution in [0, 0.1) is 0 Å². The SMILES string of the molecule is CCCN(CCC)S(=O)(=O)N(c1cnn(C)c1)[C@@H](C)c1cccc(OC)c1. The molecule has 0 saturated carbocycles. The van der Waals surface area contributed by atoms with Crippen LogP contribution < -0.4 is 9.04 Å². The van der Waals surface area contributed by atoms with Gasteiger partial charge in [-0.15, -0.1) is 0 Å². The van der Waals surface area contributed by atoms with Crippen LogP contribution in [-0.2, 0) is 17.3 Å². The van der Waals surface area contributed by atoms with Crippen LogP contribution in [-0.4, -0.2) is 42.7 Å². The summed E-state index contributed by atoms with van der Waals surface area (Å²) in [5.74, 6) is 0.696. The number of hydrogen-bond donors (Lipinski definition) is 0. The molecule has 0 saturated heterocycles. The Labute approximate surface area is 162 Å². The topological polar surface area (TPSA) is 67.7 Å². The summed E-state index contributed by atoms with van der Waals surface area (Å²) in [5, 5.41) is 4.18. The van der Waals surface area contributed by atoms with Gasteiger partial charge in [-0.2, -0.15) is 17.8 Å². The maximum atomic E-state index is 13.6. The van der Waals surface area contributed by atoms with E-state index in [1.807, 2.05) is 45.0 Å². The van der Waals surface area contributed by atoms with Crippen molar-refractivity contribution in [3.05, 3.63) is 42.2 Å². The molecule has 1 atom stereocenters. The number of rotatable bonds is 10. The van der Waals surface area contributed by atoms with Crippen LogP contribution in [0.4, 0.5) is 5.69 Å². The van der Waals surface area contributed by atoms with Gasteiger partial charge in [-0.3, -0.25) is 4.68 Å². The number of aryl methyl sites for hydroxylation is 1. The molecule has 0 radical (unpaired) electrons. The van der Waals surface area contributed by atoms with Crippen molar-refractivity contribution in [2.75, 3.05) is 24.5 Å². The lowest BCUT2D eigenvalue weighted by atomic mass is 10.1. The lowest BCUT2D eigenvalue weighted by Crippen LogP contribution is -2.45. The molecule has 0 N–H and O–H groups in total. The van der Waals surface area contributed by atoms with Crippen molar-refractivity contribution < 1.29 is 13.2 Å². The van der Waals surface area contributed by atoms with E-state index in [0.717, 1.165) is 18.4 Å². The van der Waals surface area contributed by atoms with Crippen molar-refractivity contribution in [1.29, 1.82) is 0 Å². The van der Waals surface area contributed by atoms with Gasteiger partial charge in [0.25, 0.3) is 0 Å². The first-order valence-electron chi connectivity index (χ1n) is 9.27. The van der Waals surface area contributed by atoms with Gasteiger partial charge in [0, 0.05) is 26.3 Å². The Morgan fingerprint density at radius 3 is 2.41 bits per heavy atom. The van der Waals surface area contributed by atoms with Crippen molar-refractivity contribution in [1.82, 2.24) is 14.1 Å². The summed E-state index contributed by atoms with van der Waals surface area (Å²) < 4.78 is 37.1.